The molecule has 0 aromatic heterocycles. The normalized spacial score (nSPS) is 32.0. The van der Waals surface area contributed by atoms with Crippen molar-refractivity contribution in [2.24, 2.45) is 10.8 Å². The summed E-state index contributed by atoms with van der Waals surface area (Å²) in [6.45, 7) is 5.72. The van der Waals surface area contributed by atoms with Crippen LogP contribution in [0.2, 0.25) is 0 Å². The molecule has 1 fully saturated rings. The first-order chi connectivity index (χ1) is 10.1. The number of rotatable bonds is 5. The van der Waals surface area contributed by atoms with E-state index in [2.05, 4.69) is 0 Å². The number of aliphatic hydroxyl groups is 2. The summed E-state index contributed by atoms with van der Waals surface area (Å²) in [5.41, 5.74) is -0.124. The Balaban J connectivity index is 2.22. The summed E-state index contributed by atoms with van der Waals surface area (Å²) in [5.74, 6) is 0. The molecule has 124 valence electrons. The first-order valence-electron chi connectivity index (χ1n) is 7.39. The summed E-state index contributed by atoms with van der Waals surface area (Å²) < 4.78 is 26.6. The Hall–Kier alpha value is -0.950. The molecule has 3 atom stereocenters. The molecule has 5 nitrogen and oxygen atoms in total. The predicted molar refractivity (Wildman–Crippen MR) is 84.9 cm³/mol. The van der Waals surface area contributed by atoms with E-state index in [4.69, 9.17) is 0 Å². The van der Waals surface area contributed by atoms with Crippen LogP contribution in [0, 0.1) is 17.8 Å². The van der Waals surface area contributed by atoms with E-state index in [0.29, 0.717) is 6.42 Å². The average molecular weight is 327 g/mol. The van der Waals surface area contributed by atoms with E-state index in [0.717, 1.165) is 5.56 Å². The van der Waals surface area contributed by atoms with Crippen molar-refractivity contribution >= 4 is 10.0 Å². The molecule has 1 aromatic rings. The number of nitrogens with zero attached hydrogens (tertiary/aromatic N) is 1. The van der Waals surface area contributed by atoms with Crippen LogP contribution < -0.4 is 0 Å². The molecule has 22 heavy (non-hydrogen) atoms. The van der Waals surface area contributed by atoms with Gasteiger partial charge in [0, 0.05) is 19.0 Å². The van der Waals surface area contributed by atoms with Crippen LogP contribution in [0.25, 0.3) is 0 Å². The fourth-order valence-electron chi connectivity index (χ4n) is 3.16. The second-order valence-corrected chi connectivity index (χ2v) is 8.98. The van der Waals surface area contributed by atoms with Gasteiger partial charge in [0.15, 0.2) is 0 Å². The van der Waals surface area contributed by atoms with E-state index in [1.165, 1.54) is 4.31 Å². The smallest absolute Gasteiger partial charge is 0.242 e. The zero-order chi connectivity index (χ0) is 16.8. The fourth-order valence-corrected chi connectivity index (χ4v) is 4.46. The van der Waals surface area contributed by atoms with Gasteiger partial charge < -0.3 is 10.2 Å². The van der Waals surface area contributed by atoms with Gasteiger partial charge in [-0.2, -0.15) is 0 Å². The minimum absolute atomic E-state index is 0.164. The van der Waals surface area contributed by atoms with Crippen LogP contribution in [0.4, 0.5) is 0 Å². The molecule has 0 bridgehead atoms. The maximum absolute atomic E-state index is 12.6. The van der Waals surface area contributed by atoms with Crippen LogP contribution in [-0.2, 0) is 10.0 Å². The van der Waals surface area contributed by atoms with Gasteiger partial charge in [-0.15, -0.1) is 0 Å². The molecule has 2 rings (SSSR count). The molecule has 6 heteroatoms. The van der Waals surface area contributed by atoms with E-state index in [9.17, 15) is 18.6 Å². The van der Waals surface area contributed by atoms with Gasteiger partial charge in [-0.05, 0) is 30.9 Å². The van der Waals surface area contributed by atoms with Crippen LogP contribution in [0.3, 0.4) is 0 Å². The van der Waals surface area contributed by atoms with Crippen molar-refractivity contribution in [1.82, 2.24) is 4.31 Å². The molecule has 0 heterocycles. The van der Waals surface area contributed by atoms with Crippen LogP contribution in [0.1, 0.15) is 25.8 Å². The van der Waals surface area contributed by atoms with Gasteiger partial charge in [0.25, 0.3) is 0 Å². The summed E-state index contributed by atoms with van der Waals surface area (Å²) in [6.07, 6.45) is -0.115. The maximum Gasteiger partial charge on any atom is 0.242 e. The molecule has 2 N–H and O–H groups in total. The summed E-state index contributed by atoms with van der Waals surface area (Å²) >= 11 is 0. The fraction of sp³-hybridized carbons (Fsp3) is 0.625. The third-order valence-electron chi connectivity index (χ3n) is 5.39. The standard InChI is InChI=1S/C16H25NO4S/c1-12-5-7-13(8-6-12)22(20,21)17(4)10-15(2)9-14(19)16(15,3)11-18/h5-8,14,18-19H,9-11H2,1-4H3/t14-,15+,16+/m0/s1. The molecular formula is C16H25NO4S. The first-order valence-corrected chi connectivity index (χ1v) is 8.83. The van der Waals surface area contributed by atoms with E-state index in [1.54, 1.807) is 38.2 Å². The molecular weight excluding hydrogens is 302 g/mol. The number of benzene rings is 1. The van der Waals surface area contributed by atoms with Crippen molar-refractivity contribution < 1.29 is 18.6 Å². The molecule has 0 amide bonds. The molecule has 0 radical (unpaired) electrons. The Morgan fingerprint density at radius 3 is 2.27 bits per heavy atom. The van der Waals surface area contributed by atoms with Crippen LogP contribution in [-0.4, -0.2) is 49.2 Å². The quantitative estimate of drug-likeness (QED) is 0.856. The summed E-state index contributed by atoms with van der Waals surface area (Å²) in [4.78, 5) is 0.259. The van der Waals surface area contributed by atoms with Crippen molar-refractivity contribution in [2.75, 3.05) is 20.2 Å². The minimum Gasteiger partial charge on any atom is -0.396 e. The Kier molecular flexibility index (Phi) is 4.43. The van der Waals surface area contributed by atoms with Gasteiger partial charge in [-0.3, -0.25) is 0 Å². The summed E-state index contributed by atoms with van der Waals surface area (Å²) in [7, 11) is -2.03. The molecule has 1 saturated carbocycles. The highest BCUT2D eigenvalue weighted by Gasteiger charge is 2.59. The highest BCUT2D eigenvalue weighted by Crippen LogP contribution is 2.56. The van der Waals surface area contributed by atoms with Gasteiger partial charge in [-0.25, -0.2) is 12.7 Å². The number of sulfonamides is 1. The van der Waals surface area contributed by atoms with Gasteiger partial charge in [0.05, 0.1) is 17.6 Å². The summed E-state index contributed by atoms with van der Waals surface area (Å²) in [6, 6.07) is 6.75. The van der Waals surface area contributed by atoms with Gasteiger partial charge in [0.1, 0.15) is 0 Å². The molecule has 1 aromatic carbocycles. The number of aryl methyl sites for hydroxylation is 1. The summed E-state index contributed by atoms with van der Waals surface area (Å²) in [5, 5.41) is 19.5. The molecule has 1 aliphatic carbocycles. The van der Waals surface area contributed by atoms with E-state index in [-0.39, 0.29) is 18.0 Å². The second kappa shape index (κ2) is 5.60. The maximum atomic E-state index is 12.6. The molecule has 1 aliphatic rings. The number of hydrogen-bond donors (Lipinski definition) is 2. The molecule has 0 aliphatic heterocycles. The molecule has 0 saturated heterocycles. The third kappa shape index (κ3) is 2.58. The SMILES string of the molecule is Cc1ccc(S(=O)(=O)N(C)C[C@@]2(C)C[C@H](O)[C@@]2(C)CO)cc1. The third-order valence-corrected chi connectivity index (χ3v) is 7.20. The lowest BCUT2D eigenvalue weighted by Crippen LogP contribution is -2.64. The lowest BCUT2D eigenvalue weighted by molar-refractivity contribution is -0.195. The predicted octanol–water partition coefficient (Wildman–Crippen LogP) is 1.39. The Morgan fingerprint density at radius 1 is 1.27 bits per heavy atom. The first kappa shape index (κ1) is 17.4. The lowest BCUT2D eigenvalue weighted by atomic mass is 9.49. The van der Waals surface area contributed by atoms with E-state index in [1.807, 2.05) is 13.8 Å². The molecule has 0 spiro atoms. The topological polar surface area (TPSA) is 77.8 Å². The zero-order valence-corrected chi connectivity index (χ0v) is 14.4. The van der Waals surface area contributed by atoms with Gasteiger partial charge in [-0.1, -0.05) is 31.5 Å². The van der Waals surface area contributed by atoms with Crippen LogP contribution >= 0.6 is 0 Å². The lowest BCUT2D eigenvalue weighted by Gasteiger charge is -2.59. The van der Waals surface area contributed by atoms with Crippen molar-refractivity contribution in [1.29, 1.82) is 0 Å². The monoisotopic (exact) mass is 327 g/mol. The Morgan fingerprint density at radius 2 is 1.82 bits per heavy atom. The van der Waals surface area contributed by atoms with Crippen LogP contribution in [0.5, 0.6) is 0 Å². The van der Waals surface area contributed by atoms with Gasteiger partial charge in [0.2, 0.25) is 10.0 Å². The highest BCUT2D eigenvalue weighted by atomic mass is 32.2. The second-order valence-electron chi connectivity index (χ2n) is 6.93. The number of aliphatic hydroxyl groups excluding tert-OH is 2. The Bertz CT molecular complexity index is 643. The van der Waals surface area contributed by atoms with Crippen molar-refractivity contribution in [2.45, 2.75) is 38.2 Å². The minimum atomic E-state index is -3.57. The van der Waals surface area contributed by atoms with E-state index >= 15 is 0 Å². The zero-order valence-electron chi connectivity index (χ0n) is 13.6. The van der Waals surface area contributed by atoms with Crippen LogP contribution in [0.15, 0.2) is 29.2 Å². The van der Waals surface area contributed by atoms with Crippen molar-refractivity contribution in [3.05, 3.63) is 29.8 Å². The largest absolute Gasteiger partial charge is 0.396 e. The van der Waals surface area contributed by atoms with Crippen molar-refractivity contribution in [3.8, 4) is 0 Å². The Labute approximate surface area is 132 Å². The molecule has 0 unspecified atom stereocenters. The highest BCUT2D eigenvalue weighted by molar-refractivity contribution is 7.89. The van der Waals surface area contributed by atoms with Crippen molar-refractivity contribution in [3.63, 3.8) is 0 Å². The van der Waals surface area contributed by atoms with E-state index < -0.39 is 27.0 Å². The number of hydrogen-bond acceptors (Lipinski definition) is 4. The van der Waals surface area contributed by atoms with Gasteiger partial charge >= 0.3 is 0 Å². The average Bonchev–Trinajstić information content (AvgIpc) is 2.46.